The van der Waals surface area contributed by atoms with E-state index in [4.69, 9.17) is 4.74 Å². The highest BCUT2D eigenvalue weighted by molar-refractivity contribution is 5.26. The summed E-state index contributed by atoms with van der Waals surface area (Å²) in [5, 5.41) is 10.4. The van der Waals surface area contributed by atoms with Gasteiger partial charge in [-0.2, -0.15) is 0 Å². The van der Waals surface area contributed by atoms with Crippen molar-refractivity contribution in [1.29, 1.82) is 0 Å². The summed E-state index contributed by atoms with van der Waals surface area (Å²) in [4.78, 5) is 2.34. The van der Waals surface area contributed by atoms with Gasteiger partial charge in [0.25, 0.3) is 0 Å². The Morgan fingerprint density at radius 1 is 1.21 bits per heavy atom. The van der Waals surface area contributed by atoms with E-state index in [0.717, 1.165) is 26.1 Å². The molecule has 4 heteroatoms. The van der Waals surface area contributed by atoms with Crippen LogP contribution >= 0.6 is 0 Å². The Kier molecular flexibility index (Phi) is 9.48. The monoisotopic (exact) mass is 384 g/mol. The molecule has 0 unspecified atom stereocenters. The van der Waals surface area contributed by atoms with E-state index in [-0.39, 0.29) is 0 Å². The van der Waals surface area contributed by atoms with E-state index < -0.39 is 6.10 Å². The smallest absolute Gasteiger partial charge is 0.0900 e. The van der Waals surface area contributed by atoms with Crippen molar-refractivity contribution in [3.05, 3.63) is 72.1 Å². The van der Waals surface area contributed by atoms with Gasteiger partial charge in [-0.1, -0.05) is 44.2 Å². The first-order chi connectivity index (χ1) is 13.5. The number of rotatable bonds is 13. The van der Waals surface area contributed by atoms with Crippen LogP contribution in [-0.4, -0.2) is 47.0 Å². The normalized spacial score (nSPS) is 12.6. The van der Waals surface area contributed by atoms with Crippen molar-refractivity contribution < 1.29 is 9.84 Å². The van der Waals surface area contributed by atoms with Crippen molar-refractivity contribution in [2.75, 3.05) is 26.3 Å². The zero-order valence-electron chi connectivity index (χ0n) is 17.7. The molecular formula is C24H36N2O2. The second-order valence-corrected chi connectivity index (χ2v) is 7.95. The zero-order valence-corrected chi connectivity index (χ0v) is 17.7. The maximum Gasteiger partial charge on any atom is 0.0900 e. The molecular weight excluding hydrogens is 348 g/mol. The molecule has 0 aliphatic rings. The fraction of sp³-hybridized carbons (Fsp3) is 0.500. The molecule has 0 amide bonds. The summed E-state index contributed by atoms with van der Waals surface area (Å²) in [6.07, 6.45) is 4.47. The maximum atomic E-state index is 10.4. The van der Waals surface area contributed by atoms with E-state index in [1.165, 1.54) is 16.8 Å². The molecule has 0 spiro atoms. The summed E-state index contributed by atoms with van der Waals surface area (Å²) >= 11 is 0. The Balaban J connectivity index is 2.03. The van der Waals surface area contributed by atoms with Crippen molar-refractivity contribution in [3.63, 3.8) is 0 Å². The molecule has 0 aliphatic heterocycles. The first-order valence-electron chi connectivity index (χ1n) is 10.3. The molecule has 1 aromatic carbocycles. The summed E-state index contributed by atoms with van der Waals surface area (Å²) in [7, 11) is 0. The van der Waals surface area contributed by atoms with Crippen LogP contribution in [0.25, 0.3) is 0 Å². The van der Waals surface area contributed by atoms with E-state index in [1.54, 1.807) is 6.08 Å². The Morgan fingerprint density at radius 3 is 2.71 bits per heavy atom. The van der Waals surface area contributed by atoms with Gasteiger partial charge in [-0.3, -0.25) is 4.90 Å². The van der Waals surface area contributed by atoms with Crippen LogP contribution in [0.4, 0.5) is 0 Å². The van der Waals surface area contributed by atoms with Crippen molar-refractivity contribution in [2.45, 2.75) is 46.4 Å². The quantitative estimate of drug-likeness (QED) is 0.414. The maximum absolute atomic E-state index is 10.4. The molecule has 4 nitrogen and oxygen atoms in total. The van der Waals surface area contributed by atoms with Crippen LogP contribution in [0.1, 0.15) is 37.1 Å². The van der Waals surface area contributed by atoms with Gasteiger partial charge in [-0.25, -0.2) is 0 Å². The topological polar surface area (TPSA) is 37.6 Å². The lowest BCUT2D eigenvalue weighted by atomic mass is 10.1. The van der Waals surface area contributed by atoms with E-state index in [0.29, 0.717) is 25.7 Å². The third-order valence-electron chi connectivity index (χ3n) is 4.95. The van der Waals surface area contributed by atoms with Crippen molar-refractivity contribution in [3.8, 4) is 0 Å². The van der Waals surface area contributed by atoms with E-state index in [9.17, 15) is 5.11 Å². The minimum absolute atomic E-state index is 0.342. The molecule has 0 fully saturated rings. The first kappa shape index (κ1) is 22.4. The van der Waals surface area contributed by atoms with Crippen LogP contribution in [0.2, 0.25) is 0 Å². The molecule has 2 aromatic rings. The highest BCUT2D eigenvalue weighted by atomic mass is 16.5. The Bertz CT molecular complexity index is 708. The number of hydrogen-bond donors (Lipinski definition) is 1. The predicted molar refractivity (Wildman–Crippen MR) is 116 cm³/mol. The van der Waals surface area contributed by atoms with E-state index in [2.05, 4.69) is 79.4 Å². The lowest BCUT2D eigenvalue weighted by Crippen LogP contribution is -2.36. The zero-order chi connectivity index (χ0) is 20.4. The van der Waals surface area contributed by atoms with Gasteiger partial charge in [-0.15, -0.1) is 6.58 Å². The van der Waals surface area contributed by atoms with Crippen LogP contribution in [0.5, 0.6) is 0 Å². The van der Waals surface area contributed by atoms with Crippen LogP contribution in [0, 0.1) is 12.8 Å². The van der Waals surface area contributed by atoms with Gasteiger partial charge < -0.3 is 14.4 Å². The molecule has 28 heavy (non-hydrogen) atoms. The Morgan fingerprint density at radius 2 is 2.00 bits per heavy atom. The molecule has 0 radical (unpaired) electrons. The third-order valence-corrected chi connectivity index (χ3v) is 4.95. The number of aromatic nitrogens is 1. The molecule has 0 saturated heterocycles. The molecule has 1 heterocycles. The molecule has 0 saturated carbocycles. The summed E-state index contributed by atoms with van der Waals surface area (Å²) < 4.78 is 7.73. The largest absolute Gasteiger partial charge is 0.389 e. The van der Waals surface area contributed by atoms with Crippen molar-refractivity contribution in [2.24, 2.45) is 5.92 Å². The number of aliphatic hydroxyl groups is 1. The van der Waals surface area contributed by atoms with Crippen LogP contribution in [0.3, 0.4) is 0 Å². The SMILES string of the molecule is C=CCOC[C@H](O)CN(CCC(C)C)Cc1cccn1Cc1ccccc1C. The molecule has 0 aliphatic carbocycles. The Labute approximate surface area is 170 Å². The van der Waals surface area contributed by atoms with E-state index >= 15 is 0 Å². The summed E-state index contributed by atoms with van der Waals surface area (Å²) in [5.41, 5.74) is 3.92. The summed E-state index contributed by atoms with van der Waals surface area (Å²) in [6.45, 7) is 14.4. The Hall–Kier alpha value is -1.88. The summed E-state index contributed by atoms with van der Waals surface area (Å²) in [5.74, 6) is 0.635. The number of hydrogen-bond acceptors (Lipinski definition) is 3. The highest BCUT2D eigenvalue weighted by Gasteiger charge is 2.15. The minimum atomic E-state index is -0.494. The minimum Gasteiger partial charge on any atom is -0.389 e. The van der Waals surface area contributed by atoms with Gasteiger partial charge in [0.1, 0.15) is 0 Å². The van der Waals surface area contributed by atoms with Crippen molar-refractivity contribution >= 4 is 0 Å². The number of aryl methyl sites for hydroxylation is 1. The molecule has 1 aromatic heterocycles. The van der Waals surface area contributed by atoms with Crippen LogP contribution < -0.4 is 0 Å². The van der Waals surface area contributed by atoms with E-state index in [1.807, 2.05) is 0 Å². The molecule has 1 N–H and O–H groups in total. The molecule has 1 atom stereocenters. The van der Waals surface area contributed by atoms with Gasteiger partial charge in [0, 0.05) is 31.5 Å². The second-order valence-electron chi connectivity index (χ2n) is 7.95. The van der Waals surface area contributed by atoms with Gasteiger partial charge in [-0.05, 0) is 49.1 Å². The van der Waals surface area contributed by atoms with Gasteiger partial charge in [0.05, 0.1) is 19.3 Å². The van der Waals surface area contributed by atoms with Gasteiger partial charge in [0.15, 0.2) is 0 Å². The number of aliphatic hydroxyl groups excluding tert-OH is 1. The average molecular weight is 385 g/mol. The van der Waals surface area contributed by atoms with Crippen molar-refractivity contribution in [1.82, 2.24) is 9.47 Å². The lowest BCUT2D eigenvalue weighted by molar-refractivity contribution is 0.0233. The molecule has 2 rings (SSSR count). The number of benzene rings is 1. The standard InChI is InChI=1S/C24H36N2O2/c1-5-15-28-19-24(27)18-25(14-12-20(2)3)17-23-11-8-13-26(23)16-22-10-7-6-9-21(22)4/h5-11,13,20,24,27H,1,12,14-19H2,2-4H3/t24-/m1/s1. The van der Waals surface area contributed by atoms with Crippen LogP contribution in [0.15, 0.2) is 55.3 Å². The summed E-state index contributed by atoms with van der Waals surface area (Å²) in [6, 6.07) is 12.8. The first-order valence-corrected chi connectivity index (χ1v) is 10.3. The fourth-order valence-corrected chi connectivity index (χ4v) is 3.26. The second kappa shape index (κ2) is 11.8. The number of nitrogens with zero attached hydrogens (tertiary/aromatic N) is 2. The van der Waals surface area contributed by atoms with Crippen LogP contribution in [-0.2, 0) is 17.8 Å². The number of ether oxygens (including phenoxy) is 1. The van der Waals surface area contributed by atoms with Gasteiger partial charge in [0.2, 0.25) is 0 Å². The fourth-order valence-electron chi connectivity index (χ4n) is 3.26. The highest BCUT2D eigenvalue weighted by Crippen LogP contribution is 2.15. The third kappa shape index (κ3) is 7.63. The average Bonchev–Trinajstić information content (AvgIpc) is 3.08. The molecule has 154 valence electrons. The molecule has 0 bridgehead atoms. The lowest BCUT2D eigenvalue weighted by Gasteiger charge is -2.26. The van der Waals surface area contributed by atoms with Gasteiger partial charge >= 0.3 is 0 Å². The predicted octanol–water partition coefficient (Wildman–Crippen LogP) is 4.26.